The molecule has 0 saturated carbocycles. The third-order valence-corrected chi connectivity index (χ3v) is 9.46. The Kier molecular flexibility index (Phi) is 9.22. The van der Waals surface area contributed by atoms with Gasteiger partial charge in [0.15, 0.2) is 34.9 Å². The van der Waals surface area contributed by atoms with Gasteiger partial charge in [-0.25, -0.2) is 29.9 Å². The number of nitrogens with zero attached hydrogens (tertiary/aromatic N) is 6. The molecule has 0 unspecified atom stereocenters. The molecule has 0 spiro atoms. The van der Waals surface area contributed by atoms with Crippen LogP contribution < -0.4 is 0 Å². The van der Waals surface area contributed by atoms with Crippen molar-refractivity contribution in [2.45, 2.75) is 0 Å². The highest BCUT2D eigenvalue weighted by atomic mass is 35.5. The van der Waals surface area contributed by atoms with Crippen LogP contribution >= 0.6 is 11.6 Å². The number of aromatic nitrogens is 6. The lowest BCUT2D eigenvalue weighted by atomic mass is 9.95. The summed E-state index contributed by atoms with van der Waals surface area (Å²) in [6, 6.07) is 62.8. The van der Waals surface area contributed by atoms with Crippen molar-refractivity contribution in [1.29, 1.82) is 0 Å². The summed E-state index contributed by atoms with van der Waals surface area (Å²) in [5.74, 6) is 3.54. The predicted molar refractivity (Wildman–Crippen MR) is 222 cm³/mol. The summed E-state index contributed by atoms with van der Waals surface area (Å²) in [4.78, 5) is 29.7. The van der Waals surface area contributed by atoms with E-state index >= 15 is 0 Å². The zero-order chi connectivity index (χ0) is 37.0. The van der Waals surface area contributed by atoms with E-state index in [4.69, 9.17) is 41.5 Å². The van der Waals surface area contributed by atoms with Crippen LogP contribution in [0.5, 0.6) is 0 Å². The summed E-state index contributed by atoms with van der Waals surface area (Å²) in [6.07, 6.45) is 0. The van der Waals surface area contributed by atoms with Gasteiger partial charge in [-0.05, 0) is 52.6 Å². The second kappa shape index (κ2) is 15.1. The number of hydrogen-bond acceptors (Lipinski definition) is 6. The van der Waals surface area contributed by atoms with Crippen LogP contribution in [-0.4, -0.2) is 29.9 Å². The van der Waals surface area contributed by atoms with Crippen molar-refractivity contribution in [3.63, 3.8) is 0 Å². The van der Waals surface area contributed by atoms with Crippen molar-refractivity contribution in [2.24, 2.45) is 0 Å². The molecule has 6 nitrogen and oxygen atoms in total. The van der Waals surface area contributed by atoms with Gasteiger partial charge in [0.2, 0.25) is 0 Å². The highest BCUT2D eigenvalue weighted by Gasteiger charge is 2.16. The van der Waals surface area contributed by atoms with Crippen LogP contribution in [0.15, 0.2) is 188 Å². The largest absolute Gasteiger partial charge is 0.208 e. The van der Waals surface area contributed by atoms with E-state index in [9.17, 15) is 0 Å². The first-order chi connectivity index (χ1) is 27.1. The molecule has 0 fully saturated rings. The van der Waals surface area contributed by atoms with E-state index < -0.39 is 0 Å². The van der Waals surface area contributed by atoms with Gasteiger partial charge in [0.05, 0.1) is 0 Å². The molecule has 260 valence electrons. The molecular formula is C48H31ClN6. The maximum atomic E-state index is 6.37. The SMILES string of the molecule is Clc1cccc(-c2nc(-c3ccccc3)nc(-c3ccc(-c4cc(-c5ccccc5)cc(-c5nc(-c6ccccc6)nc(-c6ccccc6)n5)c4)cc3)n2)c1. The minimum absolute atomic E-state index is 0.553. The highest BCUT2D eigenvalue weighted by Crippen LogP contribution is 2.34. The zero-order valence-electron chi connectivity index (χ0n) is 29.5. The molecule has 0 bridgehead atoms. The summed E-state index contributed by atoms with van der Waals surface area (Å²) in [5.41, 5.74) is 9.50. The molecule has 2 heterocycles. The summed E-state index contributed by atoms with van der Waals surface area (Å²) in [5, 5.41) is 0.618. The molecule has 0 N–H and O–H groups in total. The van der Waals surface area contributed by atoms with Gasteiger partial charge in [0.1, 0.15) is 0 Å². The second-order valence-electron chi connectivity index (χ2n) is 13.0. The summed E-state index contributed by atoms with van der Waals surface area (Å²) in [7, 11) is 0. The molecule has 0 aliphatic heterocycles. The number of rotatable bonds is 8. The van der Waals surface area contributed by atoms with Gasteiger partial charge in [-0.15, -0.1) is 0 Å². The molecule has 9 aromatic rings. The first-order valence-electron chi connectivity index (χ1n) is 17.9. The minimum Gasteiger partial charge on any atom is -0.208 e. The van der Waals surface area contributed by atoms with E-state index in [1.165, 1.54) is 0 Å². The highest BCUT2D eigenvalue weighted by molar-refractivity contribution is 6.30. The van der Waals surface area contributed by atoms with E-state index in [1.807, 2.05) is 121 Å². The maximum absolute atomic E-state index is 6.37. The van der Waals surface area contributed by atoms with E-state index in [1.54, 1.807) is 0 Å². The number of benzene rings is 7. The summed E-state index contributed by atoms with van der Waals surface area (Å²) in [6.45, 7) is 0. The lowest BCUT2D eigenvalue weighted by Gasteiger charge is -2.13. The lowest BCUT2D eigenvalue weighted by Crippen LogP contribution is -2.00. The van der Waals surface area contributed by atoms with Gasteiger partial charge in [0.25, 0.3) is 0 Å². The van der Waals surface area contributed by atoms with Gasteiger partial charge < -0.3 is 0 Å². The van der Waals surface area contributed by atoms with Gasteiger partial charge in [0, 0.05) is 38.4 Å². The monoisotopic (exact) mass is 726 g/mol. The lowest BCUT2D eigenvalue weighted by molar-refractivity contribution is 1.07. The molecule has 0 amide bonds. The summed E-state index contributed by atoms with van der Waals surface area (Å²) < 4.78 is 0. The van der Waals surface area contributed by atoms with Crippen molar-refractivity contribution in [3.8, 4) is 90.6 Å². The van der Waals surface area contributed by atoms with Crippen LogP contribution in [0.2, 0.25) is 5.02 Å². The van der Waals surface area contributed by atoms with Crippen molar-refractivity contribution >= 4 is 11.6 Å². The fourth-order valence-corrected chi connectivity index (χ4v) is 6.64. The Bertz CT molecular complexity index is 2690. The Morgan fingerprint density at radius 1 is 0.218 bits per heavy atom. The fraction of sp³-hybridized carbons (Fsp3) is 0. The average molecular weight is 727 g/mol. The Morgan fingerprint density at radius 2 is 0.509 bits per heavy atom. The Labute approximate surface area is 324 Å². The Hall–Kier alpha value is -7.15. The normalized spacial score (nSPS) is 11.0. The molecule has 2 aromatic heterocycles. The van der Waals surface area contributed by atoms with E-state index in [-0.39, 0.29) is 0 Å². The maximum Gasteiger partial charge on any atom is 0.164 e. The van der Waals surface area contributed by atoms with Gasteiger partial charge in [-0.1, -0.05) is 169 Å². The minimum atomic E-state index is 0.553. The van der Waals surface area contributed by atoms with E-state index in [0.29, 0.717) is 40.0 Å². The van der Waals surface area contributed by atoms with Crippen molar-refractivity contribution in [3.05, 3.63) is 193 Å². The topological polar surface area (TPSA) is 77.3 Å². The number of halogens is 1. The van der Waals surface area contributed by atoms with Crippen LogP contribution in [0.3, 0.4) is 0 Å². The third kappa shape index (κ3) is 7.40. The Morgan fingerprint density at radius 3 is 0.927 bits per heavy atom. The predicted octanol–water partition coefficient (Wildman–Crippen LogP) is 12.0. The van der Waals surface area contributed by atoms with Crippen LogP contribution in [0.1, 0.15) is 0 Å². The smallest absolute Gasteiger partial charge is 0.164 e. The van der Waals surface area contributed by atoms with Crippen molar-refractivity contribution in [1.82, 2.24) is 29.9 Å². The molecule has 0 radical (unpaired) electrons. The van der Waals surface area contributed by atoms with Gasteiger partial charge in [-0.2, -0.15) is 0 Å². The molecule has 9 rings (SSSR count). The van der Waals surface area contributed by atoms with Crippen LogP contribution in [0.4, 0.5) is 0 Å². The van der Waals surface area contributed by atoms with E-state index in [0.717, 1.165) is 55.6 Å². The molecule has 7 heteroatoms. The third-order valence-electron chi connectivity index (χ3n) is 9.22. The molecule has 0 saturated heterocycles. The number of hydrogen-bond donors (Lipinski definition) is 0. The average Bonchev–Trinajstić information content (AvgIpc) is 3.27. The molecule has 0 aliphatic rings. The van der Waals surface area contributed by atoms with Crippen LogP contribution in [0.25, 0.3) is 90.6 Å². The van der Waals surface area contributed by atoms with Crippen LogP contribution in [-0.2, 0) is 0 Å². The van der Waals surface area contributed by atoms with E-state index in [2.05, 4.69) is 66.7 Å². The van der Waals surface area contributed by atoms with Crippen molar-refractivity contribution < 1.29 is 0 Å². The van der Waals surface area contributed by atoms with Crippen LogP contribution in [0, 0.1) is 0 Å². The van der Waals surface area contributed by atoms with Crippen molar-refractivity contribution in [2.75, 3.05) is 0 Å². The Balaban J connectivity index is 1.16. The quantitative estimate of drug-likeness (QED) is 0.155. The standard InChI is InChI=1S/C48H31ClN6/c49-42-23-13-22-38(31-42)47-52-43(34-16-7-2-8-17-34)51-46(53-47)37-26-24-33(25-27-37)40-28-39(32-14-5-1-6-15-32)29-41(30-40)48-54-44(35-18-9-3-10-19-35)50-45(55-48)36-20-11-4-12-21-36/h1-31H. The zero-order valence-corrected chi connectivity index (χ0v) is 30.2. The summed E-state index contributed by atoms with van der Waals surface area (Å²) >= 11 is 6.37. The molecule has 0 aliphatic carbocycles. The molecule has 55 heavy (non-hydrogen) atoms. The van der Waals surface area contributed by atoms with Gasteiger partial charge >= 0.3 is 0 Å². The van der Waals surface area contributed by atoms with Gasteiger partial charge in [-0.3, -0.25) is 0 Å². The molecule has 0 atom stereocenters. The first kappa shape index (κ1) is 33.7. The fourth-order valence-electron chi connectivity index (χ4n) is 6.45. The molecule has 7 aromatic carbocycles. The molecular weight excluding hydrogens is 696 g/mol. The second-order valence-corrected chi connectivity index (χ2v) is 13.4. The first-order valence-corrected chi connectivity index (χ1v) is 18.3.